The molecule has 0 unspecified atom stereocenters. The highest BCUT2D eigenvalue weighted by Gasteiger charge is 2.39. The first-order valence-electron chi connectivity index (χ1n) is 8.43. The summed E-state index contributed by atoms with van der Waals surface area (Å²) in [6.07, 6.45) is 1.97. The largest absolute Gasteiger partial charge is 0.467 e. The molecule has 2 aromatic carbocycles. The molecule has 0 spiro atoms. The molecule has 0 bridgehead atoms. The number of nitrogens with zero attached hydrogens (tertiary/aromatic N) is 2. The van der Waals surface area contributed by atoms with Gasteiger partial charge in [0.2, 0.25) is 0 Å². The molecule has 0 fully saturated rings. The zero-order valence-corrected chi connectivity index (χ0v) is 16.1. The minimum atomic E-state index is -3.85. The molecule has 1 aliphatic rings. The quantitative estimate of drug-likeness (QED) is 0.633. The average molecular weight is 401 g/mol. The van der Waals surface area contributed by atoms with Crippen LogP contribution in [0.15, 0.2) is 81.3 Å². The number of hydrogen-bond acceptors (Lipinski definition) is 4. The van der Waals surface area contributed by atoms with Crippen molar-refractivity contribution in [3.8, 4) is 0 Å². The first-order chi connectivity index (χ1) is 12.9. The normalized spacial score (nSPS) is 17.2. The lowest BCUT2D eigenvalue weighted by atomic mass is 10.0. The van der Waals surface area contributed by atoms with E-state index < -0.39 is 16.1 Å². The number of aryl methyl sites for hydroxylation is 1. The third-order valence-electron chi connectivity index (χ3n) is 4.49. The molecule has 4 rings (SSSR count). The van der Waals surface area contributed by atoms with Crippen LogP contribution in [0.5, 0.6) is 0 Å². The van der Waals surface area contributed by atoms with Crippen molar-refractivity contribution in [2.45, 2.75) is 24.3 Å². The minimum Gasteiger partial charge on any atom is -0.467 e. The molecule has 1 aliphatic heterocycles. The molecule has 1 atom stereocenters. The number of furan rings is 1. The topological polar surface area (TPSA) is 62.9 Å². The number of hydrogen-bond donors (Lipinski definition) is 0. The van der Waals surface area contributed by atoms with Gasteiger partial charge in [0.1, 0.15) is 11.8 Å². The van der Waals surface area contributed by atoms with Gasteiger partial charge in [0, 0.05) is 11.4 Å². The summed E-state index contributed by atoms with van der Waals surface area (Å²) in [4.78, 5) is 0.136. The van der Waals surface area contributed by atoms with Gasteiger partial charge in [-0.05, 0) is 48.9 Å². The Hall–Kier alpha value is -2.57. The predicted octanol–water partition coefficient (Wildman–Crippen LogP) is 4.78. The van der Waals surface area contributed by atoms with E-state index in [9.17, 15) is 8.42 Å². The zero-order chi connectivity index (χ0) is 19.0. The second-order valence-corrected chi connectivity index (χ2v) is 8.61. The van der Waals surface area contributed by atoms with Crippen LogP contribution < -0.4 is 0 Å². The van der Waals surface area contributed by atoms with Crippen LogP contribution in [0.3, 0.4) is 0 Å². The molecular formula is C20H17ClN2O3S. The maximum Gasteiger partial charge on any atom is 0.279 e. The third-order valence-corrected chi connectivity index (χ3v) is 6.44. The van der Waals surface area contributed by atoms with Gasteiger partial charge in [-0.2, -0.15) is 17.9 Å². The first-order valence-corrected chi connectivity index (χ1v) is 10.2. The van der Waals surface area contributed by atoms with Crippen molar-refractivity contribution in [1.82, 2.24) is 4.41 Å². The van der Waals surface area contributed by atoms with Crippen molar-refractivity contribution < 1.29 is 12.8 Å². The summed E-state index contributed by atoms with van der Waals surface area (Å²) in [6, 6.07) is 16.9. The predicted molar refractivity (Wildman–Crippen MR) is 104 cm³/mol. The van der Waals surface area contributed by atoms with E-state index in [2.05, 4.69) is 5.10 Å². The van der Waals surface area contributed by atoms with Gasteiger partial charge in [-0.25, -0.2) is 0 Å². The van der Waals surface area contributed by atoms with Gasteiger partial charge < -0.3 is 4.42 Å². The van der Waals surface area contributed by atoms with Gasteiger partial charge in [0.05, 0.1) is 16.9 Å². The molecule has 0 aliphatic carbocycles. The lowest BCUT2D eigenvalue weighted by molar-refractivity contribution is 0.320. The van der Waals surface area contributed by atoms with Gasteiger partial charge in [0.15, 0.2) is 0 Å². The molecule has 5 nitrogen and oxygen atoms in total. The van der Waals surface area contributed by atoms with E-state index in [0.29, 0.717) is 22.9 Å². The number of rotatable bonds is 4. The van der Waals surface area contributed by atoms with Crippen LogP contribution >= 0.6 is 11.6 Å². The van der Waals surface area contributed by atoms with Crippen molar-refractivity contribution in [1.29, 1.82) is 0 Å². The Labute approximate surface area is 162 Å². The summed E-state index contributed by atoms with van der Waals surface area (Å²) >= 11 is 5.90. The lowest BCUT2D eigenvalue weighted by Crippen LogP contribution is -2.27. The fraction of sp³-hybridized carbons (Fsp3) is 0.150. The van der Waals surface area contributed by atoms with E-state index in [1.54, 1.807) is 24.3 Å². The fourth-order valence-electron chi connectivity index (χ4n) is 3.04. The van der Waals surface area contributed by atoms with Crippen LogP contribution in [0, 0.1) is 6.92 Å². The number of benzene rings is 2. The summed E-state index contributed by atoms with van der Waals surface area (Å²) in [6.45, 7) is 2.00. The van der Waals surface area contributed by atoms with E-state index in [4.69, 9.17) is 16.0 Å². The van der Waals surface area contributed by atoms with E-state index in [0.717, 1.165) is 15.5 Å². The average Bonchev–Trinajstić information content (AvgIpc) is 3.32. The van der Waals surface area contributed by atoms with Gasteiger partial charge in [0.25, 0.3) is 10.0 Å². The highest BCUT2D eigenvalue weighted by Crippen LogP contribution is 2.37. The summed E-state index contributed by atoms with van der Waals surface area (Å²) in [7, 11) is -3.85. The maximum atomic E-state index is 13.2. The van der Waals surface area contributed by atoms with Crippen LogP contribution in [0.4, 0.5) is 0 Å². The second-order valence-electron chi connectivity index (χ2n) is 6.38. The van der Waals surface area contributed by atoms with Crippen molar-refractivity contribution in [3.63, 3.8) is 0 Å². The van der Waals surface area contributed by atoms with E-state index in [1.807, 2.05) is 31.2 Å². The maximum absolute atomic E-state index is 13.2. The molecule has 27 heavy (non-hydrogen) atoms. The van der Waals surface area contributed by atoms with Crippen LogP contribution in [0.2, 0.25) is 5.02 Å². The van der Waals surface area contributed by atoms with Crippen molar-refractivity contribution >= 4 is 27.3 Å². The zero-order valence-electron chi connectivity index (χ0n) is 14.5. The van der Waals surface area contributed by atoms with E-state index in [-0.39, 0.29) is 4.90 Å². The molecular weight excluding hydrogens is 384 g/mol. The Bertz CT molecular complexity index is 1070. The Kier molecular flexibility index (Phi) is 4.53. The number of hydrazone groups is 1. The van der Waals surface area contributed by atoms with Gasteiger partial charge in [-0.3, -0.25) is 0 Å². The van der Waals surface area contributed by atoms with E-state index >= 15 is 0 Å². The van der Waals surface area contributed by atoms with Crippen molar-refractivity contribution in [2.24, 2.45) is 5.10 Å². The first kappa shape index (κ1) is 17.8. The smallest absolute Gasteiger partial charge is 0.279 e. The van der Waals surface area contributed by atoms with Crippen molar-refractivity contribution in [3.05, 3.63) is 88.8 Å². The Morgan fingerprint density at radius 1 is 1.07 bits per heavy atom. The highest BCUT2D eigenvalue weighted by molar-refractivity contribution is 7.89. The summed E-state index contributed by atoms with van der Waals surface area (Å²) < 4.78 is 33.1. The molecule has 138 valence electrons. The lowest BCUT2D eigenvalue weighted by Gasteiger charge is -2.21. The molecule has 0 saturated carbocycles. The number of sulfonamides is 1. The van der Waals surface area contributed by atoms with Gasteiger partial charge in [-0.15, -0.1) is 0 Å². The molecule has 0 saturated heterocycles. The number of halogens is 1. The standard InChI is InChI=1S/C20H17ClN2O3S/c1-14-4-6-15(7-5-14)18-13-19(20-3-2-12-26-20)23(22-18)27(24,25)17-10-8-16(21)9-11-17/h2-12,19H,13H2,1H3/t19-/m0/s1. The SMILES string of the molecule is Cc1ccc(C2=NN(S(=O)(=O)c3ccc(Cl)cc3)[C@H](c3ccco3)C2)cc1. The van der Waals surface area contributed by atoms with E-state index in [1.165, 1.54) is 18.4 Å². The fourth-order valence-corrected chi connectivity index (χ4v) is 4.58. The van der Waals surface area contributed by atoms with Gasteiger partial charge in [-0.1, -0.05) is 41.4 Å². The Morgan fingerprint density at radius 3 is 2.41 bits per heavy atom. The second kappa shape index (κ2) is 6.87. The monoisotopic (exact) mass is 400 g/mol. The Morgan fingerprint density at radius 2 is 1.78 bits per heavy atom. The molecule has 3 aromatic rings. The molecule has 7 heteroatoms. The highest BCUT2D eigenvalue weighted by atomic mass is 35.5. The minimum absolute atomic E-state index is 0.136. The summed E-state index contributed by atoms with van der Waals surface area (Å²) in [5, 5.41) is 4.94. The van der Waals surface area contributed by atoms with Crippen molar-refractivity contribution in [2.75, 3.05) is 0 Å². The molecule has 2 heterocycles. The van der Waals surface area contributed by atoms with Crippen LogP contribution in [0.25, 0.3) is 0 Å². The van der Waals surface area contributed by atoms with Crippen LogP contribution in [-0.4, -0.2) is 18.5 Å². The van der Waals surface area contributed by atoms with Crippen LogP contribution in [-0.2, 0) is 10.0 Å². The molecule has 1 aromatic heterocycles. The van der Waals surface area contributed by atoms with Gasteiger partial charge >= 0.3 is 0 Å². The van der Waals surface area contributed by atoms with Crippen LogP contribution in [0.1, 0.15) is 29.3 Å². The molecule has 0 amide bonds. The molecule has 0 radical (unpaired) electrons. The summed E-state index contributed by atoms with van der Waals surface area (Å²) in [5.74, 6) is 0.554. The third kappa shape index (κ3) is 3.38. The summed E-state index contributed by atoms with van der Waals surface area (Å²) in [5.41, 5.74) is 2.73. The molecule has 0 N–H and O–H groups in total. The Balaban J connectivity index is 1.78.